The zero-order valence-corrected chi connectivity index (χ0v) is 11.8. The predicted molar refractivity (Wildman–Crippen MR) is 77.7 cm³/mol. The molecule has 2 aromatic rings. The number of nitrogens with zero attached hydrogens (tertiary/aromatic N) is 1. The topological polar surface area (TPSA) is 73.2 Å². The quantitative estimate of drug-likeness (QED) is 0.902. The van der Waals surface area contributed by atoms with Crippen LogP contribution in [0, 0.1) is 6.92 Å². The van der Waals surface area contributed by atoms with Gasteiger partial charge >= 0.3 is 0 Å². The van der Waals surface area contributed by atoms with Crippen molar-refractivity contribution in [2.75, 3.05) is 19.5 Å². The van der Waals surface area contributed by atoms with Crippen LogP contribution in [0.1, 0.15) is 30.2 Å². The molecule has 1 aromatic heterocycles. The second-order valence-electron chi connectivity index (χ2n) is 5.08. The maximum Gasteiger partial charge on any atom is 0.153 e. The molecule has 0 amide bonds. The lowest BCUT2D eigenvalue weighted by Gasteiger charge is -2.12. The van der Waals surface area contributed by atoms with Crippen molar-refractivity contribution in [3.8, 4) is 16.9 Å². The van der Waals surface area contributed by atoms with Gasteiger partial charge in [0, 0.05) is 12.2 Å². The molecule has 1 aliphatic rings. The zero-order chi connectivity index (χ0) is 14.1. The van der Waals surface area contributed by atoms with E-state index in [2.05, 4.69) is 10.2 Å². The number of nitrogens with one attached hydrogen (secondary N) is 1. The second-order valence-corrected chi connectivity index (χ2v) is 5.08. The molecule has 106 valence electrons. The number of hydrogen-bond donors (Lipinski definition) is 2. The Balaban J connectivity index is 2.07. The third kappa shape index (κ3) is 2.14. The minimum atomic E-state index is 0.0575. The molecule has 3 rings (SSSR count). The third-order valence-corrected chi connectivity index (χ3v) is 3.77. The third-order valence-electron chi connectivity index (χ3n) is 3.77. The first-order chi connectivity index (χ1) is 9.70. The van der Waals surface area contributed by atoms with Crippen LogP contribution in [-0.2, 0) is 4.74 Å². The van der Waals surface area contributed by atoms with Crippen LogP contribution in [0.3, 0.4) is 0 Å². The van der Waals surface area contributed by atoms with E-state index in [-0.39, 0.29) is 6.10 Å². The molecule has 0 saturated carbocycles. The number of hydrogen-bond acceptors (Lipinski definition) is 4. The van der Waals surface area contributed by atoms with Gasteiger partial charge in [0.1, 0.15) is 5.75 Å². The average Bonchev–Trinajstić information content (AvgIpc) is 3.08. The molecular weight excluding hydrogens is 254 g/mol. The van der Waals surface area contributed by atoms with Gasteiger partial charge < -0.3 is 15.2 Å². The van der Waals surface area contributed by atoms with Gasteiger partial charge in [-0.05, 0) is 37.0 Å². The summed E-state index contributed by atoms with van der Waals surface area (Å²) in [5.74, 6) is 1.35. The van der Waals surface area contributed by atoms with E-state index in [0.717, 1.165) is 47.6 Å². The fourth-order valence-corrected chi connectivity index (χ4v) is 2.69. The summed E-state index contributed by atoms with van der Waals surface area (Å²) in [5.41, 5.74) is 10.0. The van der Waals surface area contributed by atoms with Crippen molar-refractivity contribution < 1.29 is 9.47 Å². The highest BCUT2D eigenvalue weighted by molar-refractivity contribution is 5.77. The van der Waals surface area contributed by atoms with Crippen molar-refractivity contribution in [1.82, 2.24) is 10.2 Å². The fraction of sp³-hybridized carbons (Fsp3) is 0.400. The molecule has 0 radical (unpaired) electrons. The van der Waals surface area contributed by atoms with Crippen LogP contribution < -0.4 is 10.5 Å². The Bertz CT molecular complexity index is 616. The van der Waals surface area contributed by atoms with E-state index in [1.165, 1.54) is 0 Å². The van der Waals surface area contributed by atoms with Gasteiger partial charge in [-0.15, -0.1) is 0 Å². The van der Waals surface area contributed by atoms with Gasteiger partial charge in [-0.1, -0.05) is 12.1 Å². The lowest BCUT2D eigenvalue weighted by Crippen LogP contribution is -1.99. The van der Waals surface area contributed by atoms with Gasteiger partial charge in [-0.3, -0.25) is 5.10 Å². The molecule has 1 fully saturated rings. The largest absolute Gasteiger partial charge is 0.496 e. The molecule has 1 saturated heterocycles. The summed E-state index contributed by atoms with van der Waals surface area (Å²) in [7, 11) is 1.67. The smallest absolute Gasteiger partial charge is 0.153 e. The van der Waals surface area contributed by atoms with Gasteiger partial charge in [0.25, 0.3) is 0 Å². The Labute approximate surface area is 118 Å². The lowest BCUT2D eigenvalue weighted by atomic mass is 10.00. The zero-order valence-electron chi connectivity index (χ0n) is 11.8. The average molecular weight is 273 g/mol. The standard InChI is InChI=1S/C15H19N3O2/c1-9-5-6-10(8-12(9)19-2)13-14(17-18-15(13)16)11-4-3-7-20-11/h5-6,8,11H,3-4,7H2,1-2H3,(H3,16,17,18). The molecule has 1 aliphatic heterocycles. The second kappa shape index (κ2) is 5.17. The number of rotatable bonds is 3. The highest BCUT2D eigenvalue weighted by Gasteiger charge is 2.25. The summed E-state index contributed by atoms with van der Waals surface area (Å²) in [6, 6.07) is 6.06. The minimum absolute atomic E-state index is 0.0575. The first kappa shape index (κ1) is 13.0. The van der Waals surface area contributed by atoms with E-state index < -0.39 is 0 Å². The summed E-state index contributed by atoms with van der Waals surface area (Å²) in [4.78, 5) is 0. The van der Waals surface area contributed by atoms with E-state index >= 15 is 0 Å². The van der Waals surface area contributed by atoms with Gasteiger partial charge in [-0.2, -0.15) is 5.10 Å². The summed E-state index contributed by atoms with van der Waals surface area (Å²) >= 11 is 0. The first-order valence-electron chi connectivity index (χ1n) is 6.81. The van der Waals surface area contributed by atoms with Crippen LogP contribution >= 0.6 is 0 Å². The van der Waals surface area contributed by atoms with E-state index in [9.17, 15) is 0 Å². The Hall–Kier alpha value is -2.01. The van der Waals surface area contributed by atoms with Crippen LogP contribution in [0.15, 0.2) is 18.2 Å². The van der Waals surface area contributed by atoms with E-state index in [0.29, 0.717) is 5.82 Å². The van der Waals surface area contributed by atoms with Crippen molar-refractivity contribution in [1.29, 1.82) is 0 Å². The number of aromatic nitrogens is 2. The lowest BCUT2D eigenvalue weighted by molar-refractivity contribution is 0.109. The van der Waals surface area contributed by atoms with Crippen LogP contribution in [-0.4, -0.2) is 23.9 Å². The van der Waals surface area contributed by atoms with Crippen LogP contribution in [0.25, 0.3) is 11.1 Å². The van der Waals surface area contributed by atoms with E-state index in [4.69, 9.17) is 15.2 Å². The summed E-state index contributed by atoms with van der Waals surface area (Å²) < 4.78 is 11.1. The number of ether oxygens (including phenoxy) is 2. The minimum Gasteiger partial charge on any atom is -0.496 e. The molecular formula is C15H19N3O2. The molecule has 0 bridgehead atoms. The SMILES string of the molecule is COc1cc(-c2c(N)n[nH]c2C2CCCO2)ccc1C. The molecule has 0 spiro atoms. The van der Waals surface area contributed by atoms with E-state index in [1.54, 1.807) is 7.11 Å². The molecule has 1 aromatic carbocycles. The maximum absolute atomic E-state index is 6.03. The van der Waals surface area contributed by atoms with Crippen LogP contribution in [0.4, 0.5) is 5.82 Å². The number of nitrogen functional groups attached to an aromatic ring is 1. The highest BCUT2D eigenvalue weighted by atomic mass is 16.5. The monoisotopic (exact) mass is 273 g/mol. The number of nitrogens with two attached hydrogens (primary N) is 1. The van der Waals surface area contributed by atoms with Crippen molar-refractivity contribution >= 4 is 5.82 Å². The summed E-state index contributed by atoms with van der Waals surface area (Å²) in [6.45, 7) is 2.81. The molecule has 1 unspecified atom stereocenters. The number of H-pyrrole nitrogens is 1. The van der Waals surface area contributed by atoms with Gasteiger partial charge in [0.15, 0.2) is 5.82 Å². The van der Waals surface area contributed by atoms with Crippen molar-refractivity contribution in [3.63, 3.8) is 0 Å². The maximum atomic E-state index is 6.03. The Morgan fingerprint density at radius 3 is 3.00 bits per heavy atom. The van der Waals surface area contributed by atoms with Crippen LogP contribution in [0.2, 0.25) is 0 Å². The fourth-order valence-electron chi connectivity index (χ4n) is 2.69. The molecule has 5 nitrogen and oxygen atoms in total. The molecule has 20 heavy (non-hydrogen) atoms. The Morgan fingerprint density at radius 2 is 2.30 bits per heavy atom. The Morgan fingerprint density at radius 1 is 1.45 bits per heavy atom. The normalized spacial score (nSPS) is 18.4. The number of methoxy groups -OCH3 is 1. The molecule has 5 heteroatoms. The van der Waals surface area contributed by atoms with Gasteiger partial charge in [0.2, 0.25) is 0 Å². The first-order valence-corrected chi connectivity index (χ1v) is 6.81. The number of anilines is 1. The Kier molecular flexibility index (Phi) is 3.36. The molecule has 1 atom stereocenters. The summed E-state index contributed by atoms with van der Waals surface area (Å²) in [6.07, 6.45) is 2.12. The van der Waals surface area contributed by atoms with Gasteiger partial charge in [0.05, 0.1) is 18.9 Å². The van der Waals surface area contributed by atoms with Crippen molar-refractivity contribution in [2.24, 2.45) is 0 Å². The molecule has 0 aliphatic carbocycles. The number of aryl methyl sites for hydroxylation is 1. The van der Waals surface area contributed by atoms with E-state index in [1.807, 2.05) is 25.1 Å². The van der Waals surface area contributed by atoms with Crippen LogP contribution in [0.5, 0.6) is 5.75 Å². The molecule has 2 heterocycles. The van der Waals surface area contributed by atoms with Crippen molar-refractivity contribution in [2.45, 2.75) is 25.9 Å². The molecule has 3 N–H and O–H groups in total. The number of aromatic amines is 1. The van der Waals surface area contributed by atoms with Crippen molar-refractivity contribution in [3.05, 3.63) is 29.5 Å². The van der Waals surface area contributed by atoms with Gasteiger partial charge in [-0.25, -0.2) is 0 Å². The summed E-state index contributed by atoms with van der Waals surface area (Å²) in [5, 5.41) is 7.17. The highest BCUT2D eigenvalue weighted by Crippen LogP contribution is 2.38. The number of benzene rings is 1. The predicted octanol–water partition coefficient (Wildman–Crippen LogP) is 2.83.